The number of amides is 1. The van der Waals surface area contributed by atoms with Crippen LogP contribution in [0.2, 0.25) is 5.02 Å². The summed E-state index contributed by atoms with van der Waals surface area (Å²) in [6, 6.07) is 5.33. The van der Waals surface area contributed by atoms with Crippen LogP contribution in [0, 0.1) is 0 Å². The van der Waals surface area contributed by atoms with E-state index >= 15 is 0 Å². The molecule has 0 aliphatic rings. The Labute approximate surface area is 112 Å². The van der Waals surface area contributed by atoms with Crippen LogP contribution in [0.15, 0.2) is 18.2 Å². The van der Waals surface area contributed by atoms with E-state index in [1.165, 1.54) is 0 Å². The Bertz CT molecular complexity index is 427. The van der Waals surface area contributed by atoms with Gasteiger partial charge in [0, 0.05) is 10.6 Å². The van der Waals surface area contributed by atoms with Gasteiger partial charge in [0.1, 0.15) is 11.4 Å². The molecule has 0 radical (unpaired) electrons. The lowest BCUT2D eigenvalue weighted by molar-refractivity contribution is 0.0523. The highest BCUT2D eigenvalue weighted by molar-refractivity contribution is 6.31. The van der Waals surface area contributed by atoms with Crippen LogP contribution < -0.4 is 10.1 Å². The van der Waals surface area contributed by atoms with Crippen molar-refractivity contribution < 1.29 is 14.3 Å². The second-order valence-corrected chi connectivity index (χ2v) is 5.18. The molecule has 0 aliphatic heterocycles. The number of carbonyl (C=O) groups excluding carboxylic acids is 1. The zero-order valence-corrected chi connectivity index (χ0v) is 11.8. The number of benzene rings is 1. The molecule has 1 rings (SSSR count). The van der Waals surface area contributed by atoms with Gasteiger partial charge in [0.05, 0.1) is 13.7 Å². The molecule has 0 saturated heterocycles. The quantitative estimate of drug-likeness (QED) is 0.917. The molecule has 0 saturated carbocycles. The van der Waals surface area contributed by atoms with Crippen LogP contribution in [-0.2, 0) is 11.3 Å². The maximum Gasteiger partial charge on any atom is 0.407 e. The third-order valence-electron chi connectivity index (χ3n) is 2.10. The fourth-order valence-corrected chi connectivity index (χ4v) is 1.61. The van der Waals surface area contributed by atoms with Crippen molar-refractivity contribution in [3.8, 4) is 5.75 Å². The maximum absolute atomic E-state index is 11.5. The summed E-state index contributed by atoms with van der Waals surface area (Å²) in [5, 5.41) is 3.19. The molecule has 0 aromatic heterocycles. The van der Waals surface area contributed by atoms with Crippen molar-refractivity contribution in [2.45, 2.75) is 32.9 Å². The fourth-order valence-electron chi connectivity index (χ4n) is 1.38. The molecule has 4 nitrogen and oxygen atoms in total. The number of alkyl carbamates (subject to hydrolysis) is 1. The second kappa shape index (κ2) is 5.96. The topological polar surface area (TPSA) is 47.6 Å². The van der Waals surface area contributed by atoms with Crippen molar-refractivity contribution in [3.63, 3.8) is 0 Å². The summed E-state index contributed by atoms with van der Waals surface area (Å²) in [6.45, 7) is 5.69. The van der Waals surface area contributed by atoms with Crippen LogP contribution in [-0.4, -0.2) is 18.8 Å². The lowest BCUT2D eigenvalue weighted by atomic mass is 10.2. The molecule has 1 aromatic rings. The molecular formula is C13H18ClNO3. The number of hydrogen-bond acceptors (Lipinski definition) is 3. The van der Waals surface area contributed by atoms with Crippen LogP contribution >= 0.6 is 11.6 Å². The van der Waals surface area contributed by atoms with Crippen LogP contribution in [0.5, 0.6) is 5.75 Å². The molecule has 0 atom stereocenters. The highest BCUT2D eigenvalue weighted by atomic mass is 35.5. The lowest BCUT2D eigenvalue weighted by Gasteiger charge is -2.20. The molecule has 0 unspecified atom stereocenters. The first-order valence-corrected chi connectivity index (χ1v) is 5.99. The summed E-state index contributed by atoms with van der Waals surface area (Å²) in [6.07, 6.45) is -0.482. The lowest BCUT2D eigenvalue weighted by Crippen LogP contribution is -2.32. The molecule has 0 fully saturated rings. The van der Waals surface area contributed by atoms with Crippen molar-refractivity contribution in [3.05, 3.63) is 28.8 Å². The van der Waals surface area contributed by atoms with E-state index in [1.807, 2.05) is 20.8 Å². The van der Waals surface area contributed by atoms with Gasteiger partial charge < -0.3 is 14.8 Å². The SMILES string of the molecule is COc1cccc(Cl)c1CNC(=O)OC(C)(C)C. The third kappa shape index (κ3) is 4.45. The van der Waals surface area contributed by atoms with Gasteiger partial charge >= 0.3 is 6.09 Å². The molecule has 1 N–H and O–H groups in total. The van der Waals surface area contributed by atoms with E-state index in [0.29, 0.717) is 10.8 Å². The predicted molar refractivity (Wildman–Crippen MR) is 71.1 cm³/mol. The summed E-state index contributed by atoms with van der Waals surface area (Å²) in [5.41, 5.74) is 0.210. The van der Waals surface area contributed by atoms with Crippen LogP contribution in [0.4, 0.5) is 4.79 Å². The number of rotatable bonds is 3. The zero-order chi connectivity index (χ0) is 13.8. The average Bonchev–Trinajstić information content (AvgIpc) is 2.24. The summed E-state index contributed by atoms with van der Waals surface area (Å²) in [4.78, 5) is 11.5. The van der Waals surface area contributed by atoms with Crippen LogP contribution in [0.25, 0.3) is 0 Å². The minimum absolute atomic E-state index is 0.262. The van der Waals surface area contributed by atoms with E-state index in [0.717, 1.165) is 5.56 Å². The molecular weight excluding hydrogens is 254 g/mol. The Morgan fingerprint density at radius 3 is 2.61 bits per heavy atom. The van der Waals surface area contributed by atoms with Gasteiger partial charge in [-0.3, -0.25) is 0 Å². The smallest absolute Gasteiger partial charge is 0.407 e. The van der Waals surface area contributed by atoms with Gasteiger partial charge in [0.2, 0.25) is 0 Å². The summed E-state index contributed by atoms with van der Waals surface area (Å²) >= 11 is 6.05. The summed E-state index contributed by atoms with van der Waals surface area (Å²) in [7, 11) is 1.56. The zero-order valence-electron chi connectivity index (χ0n) is 11.0. The molecule has 1 aromatic carbocycles. The second-order valence-electron chi connectivity index (χ2n) is 4.78. The first-order chi connectivity index (χ1) is 8.33. The van der Waals surface area contributed by atoms with Gasteiger partial charge in [0.15, 0.2) is 0 Å². The Morgan fingerprint density at radius 2 is 2.06 bits per heavy atom. The molecule has 5 heteroatoms. The number of hydrogen-bond donors (Lipinski definition) is 1. The van der Waals surface area contributed by atoms with Crippen molar-refractivity contribution in [2.75, 3.05) is 7.11 Å². The highest BCUT2D eigenvalue weighted by Crippen LogP contribution is 2.25. The first-order valence-electron chi connectivity index (χ1n) is 5.61. The van der Waals surface area contributed by atoms with Gasteiger partial charge in [-0.2, -0.15) is 0 Å². The van der Waals surface area contributed by atoms with Crippen LogP contribution in [0.3, 0.4) is 0 Å². The third-order valence-corrected chi connectivity index (χ3v) is 2.46. The first kappa shape index (κ1) is 14.6. The van der Waals surface area contributed by atoms with E-state index in [4.69, 9.17) is 21.1 Å². The Morgan fingerprint density at radius 1 is 1.39 bits per heavy atom. The van der Waals surface area contributed by atoms with E-state index in [1.54, 1.807) is 25.3 Å². The summed E-state index contributed by atoms with van der Waals surface area (Å²) < 4.78 is 10.3. The van der Waals surface area contributed by atoms with E-state index in [-0.39, 0.29) is 6.54 Å². The van der Waals surface area contributed by atoms with Crippen LogP contribution in [0.1, 0.15) is 26.3 Å². The number of nitrogens with one attached hydrogen (secondary N) is 1. The highest BCUT2D eigenvalue weighted by Gasteiger charge is 2.16. The van der Waals surface area contributed by atoms with Gasteiger partial charge in [-0.15, -0.1) is 0 Å². The van der Waals surface area contributed by atoms with Gasteiger partial charge in [-0.05, 0) is 32.9 Å². The maximum atomic E-state index is 11.5. The molecule has 18 heavy (non-hydrogen) atoms. The van der Waals surface area contributed by atoms with E-state index in [9.17, 15) is 4.79 Å². The summed E-state index contributed by atoms with van der Waals surface area (Å²) in [5.74, 6) is 0.638. The molecule has 1 amide bonds. The average molecular weight is 272 g/mol. The predicted octanol–water partition coefficient (Wildman–Crippen LogP) is 3.37. The Hall–Kier alpha value is -1.42. The molecule has 0 aliphatic carbocycles. The number of halogens is 1. The molecule has 0 heterocycles. The normalized spacial score (nSPS) is 10.9. The Balaban J connectivity index is 2.66. The van der Waals surface area contributed by atoms with Gasteiger partial charge in [-0.25, -0.2) is 4.79 Å². The van der Waals surface area contributed by atoms with Gasteiger partial charge in [-0.1, -0.05) is 17.7 Å². The molecule has 100 valence electrons. The minimum atomic E-state index is -0.519. The fraction of sp³-hybridized carbons (Fsp3) is 0.462. The number of carbonyl (C=O) groups is 1. The van der Waals surface area contributed by atoms with Gasteiger partial charge in [0.25, 0.3) is 0 Å². The van der Waals surface area contributed by atoms with Crippen molar-refractivity contribution in [2.24, 2.45) is 0 Å². The van der Waals surface area contributed by atoms with Crippen molar-refractivity contribution in [1.82, 2.24) is 5.32 Å². The van der Waals surface area contributed by atoms with E-state index in [2.05, 4.69) is 5.32 Å². The largest absolute Gasteiger partial charge is 0.496 e. The van der Waals surface area contributed by atoms with Crippen molar-refractivity contribution >= 4 is 17.7 Å². The standard InChI is InChI=1S/C13H18ClNO3/c1-13(2,3)18-12(16)15-8-9-10(14)6-5-7-11(9)17-4/h5-7H,8H2,1-4H3,(H,15,16). The number of methoxy groups -OCH3 is 1. The minimum Gasteiger partial charge on any atom is -0.496 e. The molecule has 0 spiro atoms. The number of ether oxygens (including phenoxy) is 2. The monoisotopic (exact) mass is 271 g/mol. The Kier molecular flexibility index (Phi) is 4.84. The van der Waals surface area contributed by atoms with E-state index < -0.39 is 11.7 Å². The molecule has 0 bridgehead atoms. The van der Waals surface area contributed by atoms with Crippen molar-refractivity contribution in [1.29, 1.82) is 0 Å².